The van der Waals surface area contributed by atoms with Crippen LogP contribution in [0.25, 0.3) is 0 Å². The molecule has 1 aromatic carbocycles. The van der Waals surface area contributed by atoms with Gasteiger partial charge in [-0.25, -0.2) is 15.0 Å². The summed E-state index contributed by atoms with van der Waals surface area (Å²) in [6.07, 6.45) is 5.65. The van der Waals surface area contributed by atoms with Crippen LogP contribution < -0.4 is 10.6 Å². The maximum absolute atomic E-state index is 12.8. The first-order chi connectivity index (χ1) is 17.9. The second kappa shape index (κ2) is 9.83. The molecular weight excluding hydrogens is 530 g/mol. The SMILES string of the molecule is O=C(NC1=N[C@@]2(c3nc(NC(=O)c4ccc(Cl)cn4)cs3)COC3(CCC3)C[C@H]2CS1)c1ccccc1. The summed E-state index contributed by atoms with van der Waals surface area (Å²) in [7, 11) is 0. The number of carbonyl (C=O) groups excluding carboxylic acids is 2. The molecule has 1 saturated heterocycles. The highest BCUT2D eigenvalue weighted by Gasteiger charge is 2.56. The van der Waals surface area contributed by atoms with Crippen molar-refractivity contribution < 1.29 is 14.3 Å². The van der Waals surface area contributed by atoms with Crippen LogP contribution in [-0.2, 0) is 10.3 Å². The maximum Gasteiger partial charge on any atom is 0.275 e. The Morgan fingerprint density at radius 1 is 1.08 bits per heavy atom. The van der Waals surface area contributed by atoms with Crippen molar-refractivity contribution in [3.63, 3.8) is 0 Å². The average molecular weight is 554 g/mol. The number of thiazole rings is 1. The van der Waals surface area contributed by atoms with Crippen LogP contribution in [0.15, 0.2) is 59.0 Å². The Morgan fingerprint density at radius 2 is 1.92 bits per heavy atom. The highest BCUT2D eigenvalue weighted by atomic mass is 35.5. The Kier molecular flexibility index (Phi) is 6.52. The van der Waals surface area contributed by atoms with Gasteiger partial charge in [-0.3, -0.25) is 9.59 Å². The van der Waals surface area contributed by atoms with Gasteiger partial charge in [-0.15, -0.1) is 11.3 Å². The number of nitrogens with zero attached hydrogens (tertiary/aromatic N) is 3. The number of aliphatic imine (C=N–C) groups is 1. The zero-order valence-electron chi connectivity index (χ0n) is 19.8. The zero-order valence-corrected chi connectivity index (χ0v) is 22.2. The third kappa shape index (κ3) is 4.79. The standard InChI is InChI=1S/C26H24ClN5O3S2/c27-18-7-8-19(28-12-18)22(34)29-20-14-36-23(30-20)26-15-35-25(9-4-10-25)11-17(26)13-37-24(32-26)31-21(33)16-5-2-1-3-6-16/h1-3,5-8,12,14,17H,4,9-11,13,15H2,(H,29,34)(H,31,32,33)/t17-,26-/m0/s1. The van der Waals surface area contributed by atoms with E-state index in [-0.39, 0.29) is 29.0 Å². The topological polar surface area (TPSA) is 106 Å². The molecule has 6 rings (SSSR count). The first kappa shape index (κ1) is 24.5. The summed E-state index contributed by atoms with van der Waals surface area (Å²) in [5.74, 6) is 0.873. The number of hydrogen-bond acceptors (Lipinski definition) is 8. The van der Waals surface area contributed by atoms with E-state index >= 15 is 0 Å². The number of amides is 2. The smallest absolute Gasteiger partial charge is 0.275 e. The molecule has 0 unspecified atom stereocenters. The Balaban J connectivity index is 1.28. The highest BCUT2D eigenvalue weighted by Crippen LogP contribution is 2.54. The molecule has 1 spiro atoms. The van der Waals surface area contributed by atoms with Crippen molar-refractivity contribution in [2.75, 3.05) is 17.7 Å². The molecule has 1 saturated carbocycles. The molecule has 0 radical (unpaired) electrons. The second-order valence-electron chi connectivity index (χ2n) is 9.55. The van der Waals surface area contributed by atoms with Crippen LogP contribution in [-0.4, -0.2) is 44.9 Å². The first-order valence-corrected chi connectivity index (χ1v) is 14.3. The number of benzene rings is 1. The molecule has 2 aromatic heterocycles. The Bertz CT molecular complexity index is 1360. The van der Waals surface area contributed by atoms with Gasteiger partial charge in [0.15, 0.2) is 5.17 Å². The van der Waals surface area contributed by atoms with Gasteiger partial charge in [-0.05, 0) is 49.9 Å². The molecule has 8 nitrogen and oxygen atoms in total. The minimum Gasteiger partial charge on any atom is -0.372 e. The van der Waals surface area contributed by atoms with Gasteiger partial charge < -0.3 is 15.4 Å². The van der Waals surface area contributed by atoms with E-state index in [1.165, 1.54) is 24.0 Å². The zero-order chi connectivity index (χ0) is 25.5. The first-order valence-electron chi connectivity index (χ1n) is 12.1. The average Bonchev–Trinajstić information content (AvgIpc) is 3.37. The van der Waals surface area contributed by atoms with Crippen molar-refractivity contribution in [1.82, 2.24) is 15.3 Å². The summed E-state index contributed by atoms with van der Waals surface area (Å²) in [5.41, 5.74) is 0.0347. The molecule has 2 amide bonds. The summed E-state index contributed by atoms with van der Waals surface area (Å²) < 4.78 is 6.47. The molecule has 3 aromatic rings. The molecule has 3 aliphatic rings. The lowest BCUT2D eigenvalue weighted by Crippen LogP contribution is -2.57. The van der Waals surface area contributed by atoms with Crippen LogP contribution in [0, 0.1) is 5.92 Å². The number of aromatic nitrogens is 2. The summed E-state index contributed by atoms with van der Waals surface area (Å²) >= 11 is 8.89. The number of pyridine rings is 1. The van der Waals surface area contributed by atoms with Gasteiger partial charge in [0.05, 0.1) is 17.2 Å². The molecule has 0 bridgehead atoms. The maximum atomic E-state index is 12.8. The second-order valence-corrected chi connectivity index (χ2v) is 11.9. The van der Waals surface area contributed by atoms with Gasteiger partial charge in [-0.1, -0.05) is 41.6 Å². The Morgan fingerprint density at radius 3 is 2.65 bits per heavy atom. The summed E-state index contributed by atoms with van der Waals surface area (Å²) in [5, 5.41) is 9.40. The fourth-order valence-corrected chi connectivity index (χ4v) is 7.24. The molecule has 190 valence electrons. The van der Waals surface area contributed by atoms with Gasteiger partial charge in [0.25, 0.3) is 11.8 Å². The lowest BCUT2D eigenvalue weighted by Gasteiger charge is -2.54. The normalized spacial score (nSPS) is 23.9. The fourth-order valence-electron chi connectivity index (χ4n) is 5.02. The van der Waals surface area contributed by atoms with Crippen molar-refractivity contribution in [3.05, 3.63) is 75.3 Å². The minimum atomic E-state index is -0.725. The van der Waals surface area contributed by atoms with Crippen LogP contribution in [0.5, 0.6) is 0 Å². The third-order valence-electron chi connectivity index (χ3n) is 7.21. The number of thioether (sulfide) groups is 1. The summed E-state index contributed by atoms with van der Waals surface area (Å²) in [6.45, 7) is 0.391. The van der Waals surface area contributed by atoms with E-state index in [4.69, 9.17) is 26.3 Å². The van der Waals surface area contributed by atoms with Crippen LogP contribution in [0.3, 0.4) is 0 Å². The molecule has 4 heterocycles. The molecule has 2 aliphatic heterocycles. The molecule has 1 aliphatic carbocycles. The van der Waals surface area contributed by atoms with Crippen molar-refractivity contribution in [2.24, 2.45) is 10.9 Å². The number of fused-ring (bicyclic) bond motifs is 1. The van der Waals surface area contributed by atoms with E-state index in [9.17, 15) is 9.59 Å². The van der Waals surface area contributed by atoms with E-state index < -0.39 is 5.54 Å². The lowest BCUT2D eigenvalue weighted by molar-refractivity contribution is -0.169. The number of nitrogens with one attached hydrogen (secondary N) is 2. The Hall–Kier alpha value is -2.79. The fraction of sp³-hybridized carbons (Fsp3) is 0.346. The van der Waals surface area contributed by atoms with Crippen LogP contribution in [0.1, 0.15) is 51.5 Å². The van der Waals surface area contributed by atoms with Crippen molar-refractivity contribution in [2.45, 2.75) is 36.8 Å². The molecule has 11 heteroatoms. The van der Waals surface area contributed by atoms with Crippen molar-refractivity contribution in [1.29, 1.82) is 0 Å². The van der Waals surface area contributed by atoms with E-state index in [1.54, 1.807) is 36.0 Å². The van der Waals surface area contributed by atoms with Crippen molar-refractivity contribution in [3.8, 4) is 0 Å². The van der Waals surface area contributed by atoms with Gasteiger partial charge in [-0.2, -0.15) is 0 Å². The highest BCUT2D eigenvalue weighted by molar-refractivity contribution is 8.13. The van der Waals surface area contributed by atoms with E-state index in [1.807, 2.05) is 23.6 Å². The van der Waals surface area contributed by atoms with E-state index in [0.29, 0.717) is 28.2 Å². The number of amidine groups is 1. The lowest BCUT2D eigenvalue weighted by atomic mass is 9.67. The van der Waals surface area contributed by atoms with Crippen LogP contribution in [0.4, 0.5) is 5.82 Å². The molecule has 2 N–H and O–H groups in total. The largest absolute Gasteiger partial charge is 0.372 e. The molecule has 37 heavy (non-hydrogen) atoms. The minimum absolute atomic E-state index is 0.0659. The van der Waals surface area contributed by atoms with Crippen LogP contribution in [0.2, 0.25) is 5.02 Å². The van der Waals surface area contributed by atoms with E-state index in [0.717, 1.165) is 30.0 Å². The Labute approximate surface area is 227 Å². The van der Waals surface area contributed by atoms with E-state index in [2.05, 4.69) is 15.6 Å². The predicted molar refractivity (Wildman–Crippen MR) is 145 cm³/mol. The molecular formula is C26H24ClN5O3S2. The third-order valence-corrected chi connectivity index (χ3v) is 9.48. The number of ether oxygens (including phenoxy) is 1. The molecule has 2 fully saturated rings. The van der Waals surface area contributed by atoms with Gasteiger partial charge in [0.2, 0.25) is 0 Å². The van der Waals surface area contributed by atoms with Crippen molar-refractivity contribution >= 4 is 57.5 Å². The quantitative estimate of drug-likeness (QED) is 0.464. The number of carbonyl (C=O) groups is 2. The molecule has 2 atom stereocenters. The summed E-state index contributed by atoms with van der Waals surface area (Å²) in [4.78, 5) is 39.5. The number of rotatable bonds is 4. The predicted octanol–water partition coefficient (Wildman–Crippen LogP) is 5.13. The number of hydrogen-bond donors (Lipinski definition) is 2. The van der Waals surface area contributed by atoms with Gasteiger partial charge in [0.1, 0.15) is 22.1 Å². The number of anilines is 1. The van der Waals surface area contributed by atoms with Gasteiger partial charge >= 0.3 is 0 Å². The summed E-state index contributed by atoms with van der Waals surface area (Å²) in [6, 6.07) is 12.3. The number of halogens is 1. The van der Waals surface area contributed by atoms with Crippen LogP contribution >= 0.6 is 34.7 Å². The van der Waals surface area contributed by atoms with Gasteiger partial charge in [0, 0.05) is 28.8 Å². The monoisotopic (exact) mass is 553 g/mol.